The monoisotopic (exact) mass is 323 g/mol. The van der Waals surface area contributed by atoms with Crippen LogP contribution in [0, 0.1) is 0 Å². The SMILES string of the molecule is CCCCn1ccnc1C1CCN(C(=O)[C@@H](C)SCC)CC1. The van der Waals surface area contributed by atoms with Crippen LogP contribution in [0.1, 0.15) is 58.2 Å². The number of imidazole rings is 1. The molecule has 1 aliphatic rings. The van der Waals surface area contributed by atoms with Crippen molar-refractivity contribution in [2.45, 2.75) is 64.2 Å². The number of aryl methyl sites for hydroxylation is 1. The van der Waals surface area contributed by atoms with Crippen molar-refractivity contribution in [3.05, 3.63) is 18.2 Å². The Morgan fingerprint density at radius 2 is 2.14 bits per heavy atom. The standard InChI is InChI=1S/C17H29N3OS/c1-4-6-10-19-13-9-18-16(19)15-7-11-20(12-8-15)17(21)14(3)22-5-2/h9,13-15H,4-8,10-12H2,1-3H3/t14-/m1/s1. The summed E-state index contributed by atoms with van der Waals surface area (Å²) in [4.78, 5) is 19.0. The van der Waals surface area contributed by atoms with Crippen LogP contribution in [0.2, 0.25) is 0 Å². The van der Waals surface area contributed by atoms with E-state index in [1.807, 2.05) is 18.0 Å². The van der Waals surface area contributed by atoms with Gasteiger partial charge in [-0.1, -0.05) is 20.3 Å². The van der Waals surface area contributed by atoms with Crippen LogP contribution in [0.4, 0.5) is 0 Å². The fraction of sp³-hybridized carbons (Fsp3) is 0.765. The van der Waals surface area contributed by atoms with Crippen molar-refractivity contribution < 1.29 is 4.79 Å². The second kappa shape index (κ2) is 8.61. The maximum Gasteiger partial charge on any atom is 0.235 e. The normalized spacial score (nSPS) is 17.7. The highest BCUT2D eigenvalue weighted by Crippen LogP contribution is 2.28. The number of thioether (sulfide) groups is 1. The van der Waals surface area contributed by atoms with Crippen LogP contribution in [0.5, 0.6) is 0 Å². The van der Waals surface area contributed by atoms with Crippen molar-refractivity contribution in [1.82, 2.24) is 14.5 Å². The average Bonchev–Trinajstić information content (AvgIpc) is 3.01. The molecule has 5 heteroatoms. The van der Waals surface area contributed by atoms with Crippen LogP contribution < -0.4 is 0 Å². The minimum Gasteiger partial charge on any atom is -0.342 e. The fourth-order valence-corrected chi connectivity index (χ4v) is 3.93. The van der Waals surface area contributed by atoms with E-state index in [1.165, 1.54) is 18.7 Å². The molecule has 1 amide bonds. The van der Waals surface area contributed by atoms with Gasteiger partial charge in [-0.15, -0.1) is 11.8 Å². The third-order valence-corrected chi connectivity index (χ3v) is 5.47. The van der Waals surface area contributed by atoms with Crippen molar-refractivity contribution >= 4 is 17.7 Å². The molecule has 1 aromatic rings. The van der Waals surface area contributed by atoms with Crippen LogP contribution in [-0.4, -0.2) is 44.5 Å². The Balaban J connectivity index is 1.89. The maximum atomic E-state index is 12.4. The number of likely N-dealkylation sites (tertiary alicyclic amines) is 1. The number of unbranched alkanes of at least 4 members (excludes halogenated alkanes) is 1. The predicted octanol–water partition coefficient (Wildman–Crippen LogP) is 3.53. The summed E-state index contributed by atoms with van der Waals surface area (Å²) in [6.07, 6.45) is 8.51. The van der Waals surface area contributed by atoms with Crippen LogP contribution in [0.3, 0.4) is 0 Å². The van der Waals surface area contributed by atoms with Crippen LogP contribution in [-0.2, 0) is 11.3 Å². The Labute approximate surface area is 138 Å². The first-order valence-corrected chi connectivity index (χ1v) is 9.63. The highest BCUT2D eigenvalue weighted by atomic mass is 32.2. The Bertz CT molecular complexity index is 466. The van der Waals surface area contributed by atoms with Crippen molar-refractivity contribution in [1.29, 1.82) is 0 Å². The van der Waals surface area contributed by atoms with E-state index in [2.05, 4.69) is 29.6 Å². The summed E-state index contributed by atoms with van der Waals surface area (Å²) >= 11 is 1.74. The van der Waals surface area contributed by atoms with E-state index in [9.17, 15) is 4.79 Å². The lowest BCUT2D eigenvalue weighted by Gasteiger charge is -2.33. The molecular weight excluding hydrogens is 294 g/mol. The Morgan fingerprint density at radius 3 is 2.77 bits per heavy atom. The van der Waals surface area contributed by atoms with E-state index in [0.29, 0.717) is 11.8 Å². The molecule has 0 unspecified atom stereocenters. The van der Waals surface area contributed by atoms with Gasteiger partial charge in [0.1, 0.15) is 5.82 Å². The molecule has 22 heavy (non-hydrogen) atoms. The zero-order valence-electron chi connectivity index (χ0n) is 14.1. The molecule has 0 aromatic carbocycles. The number of nitrogens with zero attached hydrogens (tertiary/aromatic N) is 3. The molecule has 1 saturated heterocycles. The number of aromatic nitrogens is 2. The van der Waals surface area contributed by atoms with E-state index in [-0.39, 0.29) is 5.25 Å². The zero-order valence-corrected chi connectivity index (χ0v) is 14.9. The Hall–Kier alpha value is -0.970. The first-order chi connectivity index (χ1) is 10.7. The third kappa shape index (κ3) is 4.28. The summed E-state index contributed by atoms with van der Waals surface area (Å²) in [5.41, 5.74) is 0. The van der Waals surface area contributed by atoms with E-state index in [1.54, 1.807) is 11.8 Å². The molecule has 2 heterocycles. The first-order valence-electron chi connectivity index (χ1n) is 8.58. The minimum absolute atomic E-state index is 0.0908. The number of carbonyl (C=O) groups excluding carboxylic acids is 1. The number of hydrogen-bond acceptors (Lipinski definition) is 3. The molecule has 0 spiro atoms. The lowest BCUT2D eigenvalue weighted by Crippen LogP contribution is -2.42. The van der Waals surface area contributed by atoms with Crippen molar-refractivity contribution in [3.8, 4) is 0 Å². The molecule has 0 N–H and O–H groups in total. The van der Waals surface area contributed by atoms with Gasteiger partial charge in [0, 0.05) is 37.9 Å². The molecule has 0 radical (unpaired) electrons. The van der Waals surface area contributed by atoms with Crippen molar-refractivity contribution in [2.75, 3.05) is 18.8 Å². The molecule has 2 rings (SSSR count). The van der Waals surface area contributed by atoms with Gasteiger partial charge in [0.15, 0.2) is 0 Å². The molecule has 0 aliphatic carbocycles. The molecule has 0 saturated carbocycles. The summed E-state index contributed by atoms with van der Waals surface area (Å²) in [5.74, 6) is 3.03. The highest BCUT2D eigenvalue weighted by Gasteiger charge is 2.28. The van der Waals surface area contributed by atoms with Gasteiger partial charge in [-0.3, -0.25) is 4.79 Å². The Morgan fingerprint density at radius 1 is 1.41 bits per heavy atom. The van der Waals surface area contributed by atoms with E-state index in [4.69, 9.17) is 0 Å². The topological polar surface area (TPSA) is 38.1 Å². The lowest BCUT2D eigenvalue weighted by atomic mass is 9.95. The molecule has 124 valence electrons. The minimum atomic E-state index is 0.0908. The van der Waals surface area contributed by atoms with Crippen LogP contribution in [0.15, 0.2) is 12.4 Å². The molecule has 1 aromatic heterocycles. The molecule has 1 atom stereocenters. The van der Waals surface area contributed by atoms with Gasteiger partial charge in [-0.05, 0) is 31.9 Å². The number of hydrogen-bond donors (Lipinski definition) is 0. The summed E-state index contributed by atoms with van der Waals surface area (Å²) in [6, 6.07) is 0. The zero-order chi connectivity index (χ0) is 15.9. The van der Waals surface area contributed by atoms with Gasteiger partial charge in [0.25, 0.3) is 0 Å². The first kappa shape index (κ1) is 17.4. The molecule has 1 aliphatic heterocycles. The van der Waals surface area contributed by atoms with Gasteiger partial charge in [0.05, 0.1) is 5.25 Å². The molecule has 4 nitrogen and oxygen atoms in total. The van der Waals surface area contributed by atoms with Crippen LogP contribution in [0.25, 0.3) is 0 Å². The summed E-state index contributed by atoms with van der Waals surface area (Å²) in [6.45, 7) is 9.17. The number of carbonyl (C=O) groups is 1. The lowest BCUT2D eigenvalue weighted by molar-refractivity contribution is -0.131. The summed E-state index contributed by atoms with van der Waals surface area (Å²) in [7, 11) is 0. The van der Waals surface area contributed by atoms with E-state index < -0.39 is 0 Å². The predicted molar refractivity (Wildman–Crippen MR) is 93.3 cm³/mol. The quantitative estimate of drug-likeness (QED) is 0.770. The third-order valence-electron chi connectivity index (χ3n) is 4.44. The van der Waals surface area contributed by atoms with Gasteiger partial charge in [-0.25, -0.2) is 4.98 Å². The highest BCUT2D eigenvalue weighted by molar-refractivity contribution is 8.00. The number of piperidine rings is 1. The fourth-order valence-electron chi connectivity index (χ4n) is 3.13. The second-order valence-corrected chi connectivity index (χ2v) is 7.65. The van der Waals surface area contributed by atoms with Gasteiger partial charge < -0.3 is 9.47 Å². The number of rotatable bonds is 7. The smallest absolute Gasteiger partial charge is 0.235 e. The van der Waals surface area contributed by atoms with Crippen molar-refractivity contribution in [3.63, 3.8) is 0 Å². The van der Waals surface area contributed by atoms with Gasteiger partial charge in [-0.2, -0.15) is 0 Å². The largest absolute Gasteiger partial charge is 0.342 e. The van der Waals surface area contributed by atoms with Gasteiger partial charge in [0.2, 0.25) is 5.91 Å². The molecule has 1 fully saturated rings. The molecule has 0 bridgehead atoms. The second-order valence-electron chi connectivity index (χ2n) is 6.03. The van der Waals surface area contributed by atoms with E-state index in [0.717, 1.165) is 38.2 Å². The van der Waals surface area contributed by atoms with E-state index >= 15 is 0 Å². The Kier molecular flexibility index (Phi) is 6.80. The summed E-state index contributed by atoms with van der Waals surface area (Å²) < 4.78 is 2.31. The average molecular weight is 324 g/mol. The van der Waals surface area contributed by atoms with Crippen molar-refractivity contribution in [2.24, 2.45) is 0 Å². The molecular formula is C17H29N3OS. The summed E-state index contributed by atoms with van der Waals surface area (Å²) in [5, 5.41) is 0.0908. The van der Waals surface area contributed by atoms with Gasteiger partial charge >= 0.3 is 0 Å². The van der Waals surface area contributed by atoms with Crippen LogP contribution >= 0.6 is 11.8 Å². The maximum absolute atomic E-state index is 12.4. The number of amides is 1.